The molecule has 0 spiro atoms. The maximum atomic E-state index is 11.7. The van der Waals surface area contributed by atoms with Gasteiger partial charge >= 0.3 is 5.97 Å². The van der Waals surface area contributed by atoms with E-state index in [4.69, 9.17) is 5.11 Å². The van der Waals surface area contributed by atoms with E-state index in [2.05, 4.69) is 10.1 Å². The quantitative estimate of drug-likeness (QED) is 0.717. The Morgan fingerprint density at radius 2 is 2.31 bits per heavy atom. The number of aromatic amines is 1. The van der Waals surface area contributed by atoms with Crippen LogP contribution in [0.2, 0.25) is 0 Å². The fraction of sp³-hybridized carbons (Fsp3) is 0.300. The van der Waals surface area contributed by atoms with Crippen LogP contribution in [0, 0.1) is 0 Å². The van der Waals surface area contributed by atoms with E-state index in [9.17, 15) is 9.59 Å². The summed E-state index contributed by atoms with van der Waals surface area (Å²) in [7, 11) is 0. The molecule has 0 saturated heterocycles. The third kappa shape index (κ3) is 1.09. The Bertz CT molecular complexity index is 653. The van der Waals surface area contributed by atoms with Gasteiger partial charge < -0.3 is 10.1 Å². The van der Waals surface area contributed by atoms with Crippen molar-refractivity contribution in [3.63, 3.8) is 0 Å². The molecule has 0 fully saturated rings. The van der Waals surface area contributed by atoms with Gasteiger partial charge in [0.05, 0.1) is 5.69 Å². The van der Waals surface area contributed by atoms with Crippen molar-refractivity contribution in [2.24, 2.45) is 0 Å². The van der Waals surface area contributed by atoms with Gasteiger partial charge in [0.25, 0.3) is 5.56 Å². The van der Waals surface area contributed by atoms with Crippen LogP contribution < -0.4 is 5.56 Å². The number of rotatable bonds is 1. The van der Waals surface area contributed by atoms with Gasteiger partial charge in [-0.3, -0.25) is 4.79 Å². The molecule has 2 N–H and O–H groups in total. The van der Waals surface area contributed by atoms with Gasteiger partial charge in [-0.15, -0.1) is 0 Å². The third-order valence-corrected chi connectivity index (χ3v) is 2.89. The third-order valence-electron chi connectivity index (χ3n) is 2.89. The van der Waals surface area contributed by atoms with Crippen molar-refractivity contribution in [3.8, 4) is 0 Å². The summed E-state index contributed by atoms with van der Waals surface area (Å²) in [5.74, 6) is -1.09. The second-order valence-corrected chi connectivity index (χ2v) is 3.86. The summed E-state index contributed by atoms with van der Waals surface area (Å²) in [5, 5.41) is 12.8. The molecule has 1 aliphatic carbocycles. The van der Waals surface area contributed by atoms with Crippen LogP contribution in [0.1, 0.15) is 28.2 Å². The summed E-state index contributed by atoms with van der Waals surface area (Å²) in [4.78, 5) is 25.1. The average Bonchev–Trinajstić information content (AvgIpc) is 2.80. The van der Waals surface area contributed by atoms with Crippen molar-refractivity contribution in [3.05, 3.63) is 33.4 Å². The molecule has 2 aromatic rings. The van der Waals surface area contributed by atoms with Crippen molar-refractivity contribution in [2.75, 3.05) is 0 Å². The Labute approximate surface area is 89.5 Å². The lowest BCUT2D eigenvalue weighted by Crippen LogP contribution is -2.16. The van der Waals surface area contributed by atoms with E-state index < -0.39 is 5.97 Å². The molecule has 3 rings (SSSR count). The number of aryl methyl sites for hydroxylation is 1. The second kappa shape index (κ2) is 2.94. The van der Waals surface area contributed by atoms with Crippen molar-refractivity contribution in [1.29, 1.82) is 0 Å². The molecule has 1 aliphatic rings. The number of hydrogen-bond donors (Lipinski definition) is 2. The number of nitrogens with one attached hydrogen (secondary N) is 1. The SMILES string of the molecule is O=C(O)c1cc2[nH]c(=O)c3c(n2n1)CCC3. The molecule has 6 nitrogen and oxygen atoms in total. The molecule has 0 bridgehead atoms. The van der Waals surface area contributed by atoms with Gasteiger partial charge in [0.15, 0.2) is 5.69 Å². The van der Waals surface area contributed by atoms with E-state index in [0.29, 0.717) is 5.65 Å². The smallest absolute Gasteiger partial charge is 0.356 e. The summed E-state index contributed by atoms with van der Waals surface area (Å²) >= 11 is 0. The van der Waals surface area contributed by atoms with E-state index in [0.717, 1.165) is 30.5 Å². The lowest BCUT2D eigenvalue weighted by atomic mass is 10.2. The van der Waals surface area contributed by atoms with E-state index in [-0.39, 0.29) is 11.3 Å². The normalized spacial score (nSPS) is 14.2. The second-order valence-electron chi connectivity index (χ2n) is 3.86. The number of nitrogens with zero attached hydrogens (tertiary/aromatic N) is 2. The van der Waals surface area contributed by atoms with Crippen LogP contribution in [-0.4, -0.2) is 25.7 Å². The Balaban J connectivity index is 2.40. The zero-order chi connectivity index (χ0) is 11.3. The summed E-state index contributed by atoms with van der Waals surface area (Å²) in [5.41, 5.74) is 1.84. The summed E-state index contributed by atoms with van der Waals surface area (Å²) in [6.07, 6.45) is 2.43. The van der Waals surface area contributed by atoms with Crippen molar-refractivity contribution < 1.29 is 9.90 Å². The number of carboxylic acids is 1. The summed E-state index contributed by atoms with van der Waals surface area (Å²) < 4.78 is 1.53. The number of aromatic carboxylic acids is 1. The zero-order valence-corrected chi connectivity index (χ0v) is 8.36. The Kier molecular flexibility index (Phi) is 1.68. The van der Waals surface area contributed by atoms with Crippen molar-refractivity contribution in [2.45, 2.75) is 19.3 Å². The average molecular weight is 219 g/mol. The minimum atomic E-state index is -1.09. The van der Waals surface area contributed by atoms with Crippen LogP contribution in [-0.2, 0) is 12.8 Å². The van der Waals surface area contributed by atoms with Gasteiger partial charge in [-0.25, -0.2) is 9.31 Å². The highest BCUT2D eigenvalue weighted by atomic mass is 16.4. The van der Waals surface area contributed by atoms with E-state index in [1.54, 1.807) is 0 Å². The molecule has 0 aromatic carbocycles. The molecule has 82 valence electrons. The van der Waals surface area contributed by atoms with Crippen LogP contribution in [0.15, 0.2) is 10.9 Å². The highest BCUT2D eigenvalue weighted by molar-refractivity contribution is 5.86. The highest BCUT2D eigenvalue weighted by Gasteiger charge is 2.20. The van der Waals surface area contributed by atoms with Crippen LogP contribution in [0.25, 0.3) is 5.65 Å². The maximum Gasteiger partial charge on any atom is 0.356 e. The van der Waals surface area contributed by atoms with Crippen molar-refractivity contribution in [1.82, 2.24) is 14.6 Å². The first-order chi connectivity index (χ1) is 7.66. The molecule has 0 radical (unpaired) electrons. The molecule has 16 heavy (non-hydrogen) atoms. The number of aromatic nitrogens is 3. The molecule has 0 unspecified atom stereocenters. The Morgan fingerprint density at radius 1 is 1.50 bits per heavy atom. The lowest BCUT2D eigenvalue weighted by Gasteiger charge is -2.00. The monoisotopic (exact) mass is 219 g/mol. The van der Waals surface area contributed by atoms with Crippen molar-refractivity contribution >= 4 is 11.6 Å². The largest absolute Gasteiger partial charge is 0.476 e. The topological polar surface area (TPSA) is 87.5 Å². The van der Waals surface area contributed by atoms with Crippen LogP contribution in [0.4, 0.5) is 0 Å². The van der Waals surface area contributed by atoms with Gasteiger partial charge in [-0.1, -0.05) is 0 Å². The van der Waals surface area contributed by atoms with E-state index >= 15 is 0 Å². The molecule has 0 atom stereocenters. The molecule has 0 saturated carbocycles. The molecule has 0 amide bonds. The first-order valence-electron chi connectivity index (χ1n) is 5.04. The van der Waals surface area contributed by atoms with E-state index in [1.807, 2.05) is 0 Å². The summed E-state index contributed by atoms with van der Waals surface area (Å²) in [6, 6.07) is 1.38. The fourth-order valence-electron chi connectivity index (χ4n) is 2.18. The van der Waals surface area contributed by atoms with Gasteiger partial charge in [0.2, 0.25) is 0 Å². The fourth-order valence-corrected chi connectivity index (χ4v) is 2.18. The standard InChI is InChI=1S/C10H9N3O3/c14-9-5-2-1-3-7(5)13-8(11-9)4-6(12-13)10(15)16/h4H,1-3H2,(H,11,14)(H,15,16). The zero-order valence-electron chi connectivity index (χ0n) is 8.36. The van der Waals surface area contributed by atoms with E-state index in [1.165, 1.54) is 10.6 Å². The molecule has 2 aromatic heterocycles. The van der Waals surface area contributed by atoms with Crippen LogP contribution >= 0.6 is 0 Å². The van der Waals surface area contributed by atoms with Gasteiger partial charge in [-0.05, 0) is 19.3 Å². The first-order valence-corrected chi connectivity index (χ1v) is 5.04. The Morgan fingerprint density at radius 3 is 3.06 bits per heavy atom. The molecule has 0 aliphatic heterocycles. The highest BCUT2D eigenvalue weighted by Crippen LogP contribution is 2.19. The van der Waals surface area contributed by atoms with Gasteiger partial charge in [-0.2, -0.15) is 5.10 Å². The van der Waals surface area contributed by atoms with Crippen LogP contribution in [0.5, 0.6) is 0 Å². The first kappa shape index (κ1) is 9.14. The minimum Gasteiger partial charge on any atom is -0.476 e. The van der Waals surface area contributed by atoms with Crippen LogP contribution in [0.3, 0.4) is 0 Å². The predicted octanol–water partition coefficient (Wildman–Crippen LogP) is 0.209. The lowest BCUT2D eigenvalue weighted by molar-refractivity contribution is 0.0690. The number of H-pyrrole nitrogens is 1. The number of fused-ring (bicyclic) bond motifs is 3. The molecule has 2 heterocycles. The number of carbonyl (C=O) groups is 1. The number of hydrogen-bond acceptors (Lipinski definition) is 3. The maximum absolute atomic E-state index is 11.7. The van der Waals surface area contributed by atoms with Gasteiger partial charge in [0.1, 0.15) is 5.65 Å². The molecular weight excluding hydrogens is 210 g/mol. The Hall–Kier alpha value is -2.11. The predicted molar refractivity (Wildman–Crippen MR) is 54.8 cm³/mol. The van der Waals surface area contributed by atoms with Gasteiger partial charge in [0, 0.05) is 11.6 Å². The summed E-state index contributed by atoms with van der Waals surface area (Å²) in [6.45, 7) is 0. The molecule has 6 heteroatoms. The number of carboxylic acid groups (broad SMARTS) is 1. The minimum absolute atomic E-state index is 0.0454. The molecular formula is C10H9N3O3.